The van der Waals surface area contributed by atoms with Crippen LogP contribution in [0, 0.1) is 0 Å². The van der Waals surface area contributed by atoms with Crippen LogP contribution >= 0.6 is 0 Å². The number of hydrogen-bond donors (Lipinski definition) is 0. The molecule has 0 aliphatic rings. The minimum Gasteiger partial charge on any atom is -0.105 e. The third-order valence-corrected chi connectivity index (χ3v) is 1.74. The quantitative estimate of drug-likeness (QED) is 0.416. The molecule has 0 heterocycles. The monoisotopic (exact) mass is 148 g/mol. The van der Waals surface area contributed by atoms with Gasteiger partial charge in [-0.15, -0.1) is 6.58 Å². The molecule has 11 heavy (non-hydrogen) atoms. The molecule has 0 aromatic heterocycles. The van der Waals surface area contributed by atoms with Crippen LogP contribution in [0.25, 0.3) is 0 Å². The first kappa shape index (κ1) is 10.3. The fourth-order valence-corrected chi connectivity index (χ4v) is 0.878. The van der Waals surface area contributed by atoms with Gasteiger partial charge in [0.15, 0.2) is 0 Å². The highest BCUT2D eigenvalue weighted by atomic mass is 14.0. The topological polar surface area (TPSA) is 0 Å². The highest BCUT2D eigenvalue weighted by Crippen LogP contribution is 2.12. The molecule has 0 unspecified atom stereocenters. The second-order valence-electron chi connectivity index (χ2n) is 3.31. The van der Waals surface area contributed by atoms with Crippen LogP contribution in [0.15, 0.2) is 34.8 Å². The molecule has 0 aliphatic carbocycles. The summed E-state index contributed by atoms with van der Waals surface area (Å²) in [5.41, 5.74) is 5.10. The molecule has 0 aliphatic heterocycles. The van der Waals surface area contributed by atoms with Crippen LogP contribution in [0.3, 0.4) is 0 Å². The molecule has 0 saturated carbocycles. The Labute approximate surface area is 71.1 Å². The molecule has 1 heteroatoms. The van der Waals surface area contributed by atoms with E-state index in [1.807, 2.05) is 7.85 Å². The van der Waals surface area contributed by atoms with Gasteiger partial charge in [0.1, 0.15) is 7.85 Å². The van der Waals surface area contributed by atoms with Crippen LogP contribution in [-0.2, 0) is 0 Å². The van der Waals surface area contributed by atoms with E-state index in [1.165, 1.54) is 16.7 Å². The van der Waals surface area contributed by atoms with Gasteiger partial charge in [0, 0.05) is 0 Å². The average molecular weight is 148 g/mol. The van der Waals surface area contributed by atoms with Gasteiger partial charge in [0.25, 0.3) is 0 Å². The minimum absolute atomic E-state index is 1.15. The molecule has 0 saturated heterocycles. The third kappa shape index (κ3) is 3.87. The Hall–Kier alpha value is -0.715. The van der Waals surface area contributed by atoms with Gasteiger partial charge in [-0.3, -0.25) is 0 Å². The molecule has 0 radical (unpaired) electrons. The lowest BCUT2D eigenvalue weighted by Gasteiger charge is -2.03. The van der Waals surface area contributed by atoms with E-state index in [1.54, 1.807) is 0 Å². The molecule has 0 N–H and O–H groups in total. The lowest BCUT2D eigenvalue weighted by molar-refractivity contribution is 1.30. The summed E-state index contributed by atoms with van der Waals surface area (Å²) in [4.78, 5) is 0. The smallest absolute Gasteiger partial charge is 0.105 e. The van der Waals surface area contributed by atoms with Crippen LogP contribution < -0.4 is 0 Å². The molecule has 0 fully saturated rings. The van der Waals surface area contributed by atoms with Gasteiger partial charge in [-0.25, -0.2) is 0 Å². The van der Waals surface area contributed by atoms with Crippen molar-refractivity contribution in [1.82, 2.24) is 0 Å². The number of rotatable bonds is 2. The fourth-order valence-electron chi connectivity index (χ4n) is 0.878. The Morgan fingerprint density at radius 3 is 1.91 bits per heavy atom. The van der Waals surface area contributed by atoms with E-state index in [2.05, 4.69) is 40.3 Å². The Balaban J connectivity index is 4.68. The summed E-state index contributed by atoms with van der Waals surface area (Å²) in [6.45, 7) is 12.3. The van der Waals surface area contributed by atoms with E-state index < -0.39 is 0 Å². The SMILES string of the molecule is BC(=C)/C(C)=C(/C)C=C(C)C. The first-order valence-electron chi connectivity index (χ1n) is 3.93. The van der Waals surface area contributed by atoms with Crippen molar-refractivity contribution in [3.05, 3.63) is 34.8 Å². The average Bonchev–Trinajstić information content (AvgIpc) is 1.84. The Kier molecular flexibility index (Phi) is 3.95. The molecular weight excluding hydrogens is 131 g/mol. The predicted molar refractivity (Wildman–Crippen MR) is 55.5 cm³/mol. The van der Waals surface area contributed by atoms with Gasteiger partial charge >= 0.3 is 0 Å². The van der Waals surface area contributed by atoms with Gasteiger partial charge in [-0.05, 0) is 33.3 Å². The van der Waals surface area contributed by atoms with E-state index in [0.717, 1.165) is 5.47 Å². The second-order valence-corrected chi connectivity index (χ2v) is 3.31. The van der Waals surface area contributed by atoms with Gasteiger partial charge < -0.3 is 0 Å². The summed E-state index contributed by atoms with van der Waals surface area (Å²) in [5.74, 6) is 0. The Morgan fingerprint density at radius 2 is 1.64 bits per heavy atom. The lowest BCUT2D eigenvalue weighted by Crippen LogP contribution is -1.85. The minimum atomic E-state index is 1.15. The molecule has 0 atom stereocenters. The van der Waals surface area contributed by atoms with E-state index in [9.17, 15) is 0 Å². The summed E-state index contributed by atoms with van der Waals surface area (Å²) in [7, 11) is 2.04. The molecule has 0 amide bonds. The predicted octanol–water partition coefficient (Wildman–Crippen LogP) is 2.44. The molecule has 0 spiro atoms. The molecule has 0 aromatic carbocycles. The van der Waals surface area contributed by atoms with Gasteiger partial charge in [0.2, 0.25) is 0 Å². The Morgan fingerprint density at radius 1 is 1.18 bits per heavy atom. The largest absolute Gasteiger partial charge is 0.138 e. The molecular formula is C10H17B. The van der Waals surface area contributed by atoms with E-state index >= 15 is 0 Å². The second kappa shape index (κ2) is 4.22. The van der Waals surface area contributed by atoms with Gasteiger partial charge in [-0.2, -0.15) is 0 Å². The third-order valence-electron chi connectivity index (χ3n) is 1.74. The lowest BCUT2D eigenvalue weighted by atomic mass is 9.88. The van der Waals surface area contributed by atoms with Crippen LogP contribution in [0.4, 0.5) is 0 Å². The van der Waals surface area contributed by atoms with Crippen molar-refractivity contribution < 1.29 is 0 Å². The molecule has 0 aromatic rings. The van der Waals surface area contributed by atoms with E-state index in [-0.39, 0.29) is 0 Å². The zero-order chi connectivity index (χ0) is 9.02. The van der Waals surface area contributed by atoms with Crippen molar-refractivity contribution in [3.63, 3.8) is 0 Å². The molecule has 60 valence electrons. The van der Waals surface area contributed by atoms with Crippen molar-refractivity contribution >= 4 is 7.85 Å². The number of allylic oxidation sites excluding steroid dienone is 5. The van der Waals surface area contributed by atoms with Crippen molar-refractivity contribution in [2.45, 2.75) is 27.7 Å². The van der Waals surface area contributed by atoms with E-state index in [4.69, 9.17) is 0 Å². The first-order valence-corrected chi connectivity index (χ1v) is 3.93. The maximum atomic E-state index is 3.90. The van der Waals surface area contributed by atoms with Crippen molar-refractivity contribution in [1.29, 1.82) is 0 Å². The van der Waals surface area contributed by atoms with Crippen molar-refractivity contribution in [2.75, 3.05) is 0 Å². The van der Waals surface area contributed by atoms with Crippen LogP contribution in [0.1, 0.15) is 27.7 Å². The van der Waals surface area contributed by atoms with Gasteiger partial charge in [0.05, 0.1) is 0 Å². The number of hydrogen-bond acceptors (Lipinski definition) is 0. The highest BCUT2D eigenvalue weighted by molar-refractivity contribution is 6.23. The Bertz CT molecular complexity index is 215. The maximum Gasteiger partial charge on any atom is 0.138 e. The zero-order valence-electron chi connectivity index (χ0n) is 8.28. The summed E-state index contributed by atoms with van der Waals surface area (Å²) >= 11 is 0. The summed E-state index contributed by atoms with van der Waals surface area (Å²) in [6.07, 6.45) is 2.18. The van der Waals surface area contributed by atoms with Crippen LogP contribution in [0.2, 0.25) is 0 Å². The van der Waals surface area contributed by atoms with Crippen LogP contribution in [0.5, 0.6) is 0 Å². The van der Waals surface area contributed by atoms with Crippen LogP contribution in [-0.4, -0.2) is 7.85 Å². The molecule has 0 nitrogen and oxygen atoms in total. The molecule has 0 rings (SSSR count). The van der Waals surface area contributed by atoms with E-state index in [0.29, 0.717) is 0 Å². The highest BCUT2D eigenvalue weighted by Gasteiger charge is 1.93. The first-order chi connectivity index (χ1) is 4.95. The fraction of sp³-hybridized carbons (Fsp3) is 0.400. The molecule has 0 bridgehead atoms. The normalized spacial score (nSPS) is 12.0. The standard InChI is InChI=1S/C10H17B/c1-7(2)6-8(3)9(4)10(5)11/h6H,5,11H2,1-4H3/b9-8-. The van der Waals surface area contributed by atoms with Crippen molar-refractivity contribution in [2.24, 2.45) is 0 Å². The summed E-state index contributed by atoms with van der Waals surface area (Å²) in [6, 6.07) is 0. The summed E-state index contributed by atoms with van der Waals surface area (Å²) in [5, 5.41) is 0. The summed E-state index contributed by atoms with van der Waals surface area (Å²) < 4.78 is 0. The zero-order valence-corrected chi connectivity index (χ0v) is 8.28. The maximum absolute atomic E-state index is 3.90. The van der Waals surface area contributed by atoms with Crippen molar-refractivity contribution in [3.8, 4) is 0 Å². The van der Waals surface area contributed by atoms with Gasteiger partial charge in [-0.1, -0.05) is 22.7 Å².